The predicted octanol–water partition coefficient (Wildman–Crippen LogP) is 1.25. The molecule has 0 radical (unpaired) electrons. The van der Waals surface area contributed by atoms with Gasteiger partial charge in [-0.1, -0.05) is 6.92 Å². The van der Waals surface area contributed by atoms with Crippen molar-refractivity contribution in [1.82, 2.24) is 4.90 Å². The van der Waals surface area contributed by atoms with Gasteiger partial charge in [0, 0.05) is 12.1 Å². The van der Waals surface area contributed by atoms with Crippen molar-refractivity contribution >= 4 is 11.9 Å². The van der Waals surface area contributed by atoms with Gasteiger partial charge in [-0.3, -0.25) is 9.59 Å². The van der Waals surface area contributed by atoms with Crippen LogP contribution < -0.4 is 0 Å². The molecule has 0 aromatic heterocycles. The number of nitrogens with zero attached hydrogens (tertiary/aromatic N) is 1. The number of aliphatic hydroxyl groups is 1. The predicted molar refractivity (Wildman–Crippen MR) is 71.9 cm³/mol. The fourth-order valence-corrected chi connectivity index (χ4v) is 4.54. The molecule has 1 aliphatic carbocycles. The van der Waals surface area contributed by atoms with Gasteiger partial charge in [0.2, 0.25) is 5.91 Å². The molecule has 2 bridgehead atoms. The molecule has 20 heavy (non-hydrogen) atoms. The Morgan fingerprint density at radius 2 is 1.55 bits per heavy atom. The molecule has 2 aliphatic heterocycles. The normalized spacial score (nSPS) is 43.8. The van der Waals surface area contributed by atoms with Crippen LogP contribution in [0.1, 0.15) is 45.4 Å². The first-order valence-corrected chi connectivity index (χ1v) is 7.70. The van der Waals surface area contributed by atoms with Crippen LogP contribution in [0.5, 0.6) is 0 Å². The van der Waals surface area contributed by atoms with Crippen LogP contribution in [0.4, 0.5) is 0 Å². The van der Waals surface area contributed by atoms with Crippen LogP contribution in [-0.2, 0) is 9.59 Å². The van der Waals surface area contributed by atoms with Crippen molar-refractivity contribution in [3.63, 3.8) is 0 Å². The fourth-order valence-electron chi connectivity index (χ4n) is 4.54. The minimum Gasteiger partial charge on any atom is -0.481 e. The highest BCUT2D eigenvalue weighted by molar-refractivity contribution is 5.86. The van der Waals surface area contributed by atoms with E-state index in [2.05, 4.69) is 0 Å². The second kappa shape index (κ2) is 5.02. The smallest absolute Gasteiger partial charge is 0.307 e. The lowest BCUT2D eigenvalue weighted by atomic mass is 9.91. The molecule has 5 nitrogen and oxygen atoms in total. The summed E-state index contributed by atoms with van der Waals surface area (Å²) in [5, 5.41) is 19.1. The topological polar surface area (TPSA) is 77.8 Å². The Balaban J connectivity index is 1.77. The maximum atomic E-state index is 12.8. The molecule has 1 saturated carbocycles. The molecule has 5 atom stereocenters. The van der Waals surface area contributed by atoms with Crippen molar-refractivity contribution in [3.8, 4) is 0 Å². The van der Waals surface area contributed by atoms with E-state index in [9.17, 15) is 19.8 Å². The minimum absolute atomic E-state index is 0.0288. The van der Waals surface area contributed by atoms with Crippen molar-refractivity contribution in [3.05, 3.63) is 0 Å². The molecule has 1 amide bonds. The van der Waals surface area contributed by atoms with Crippen LogP contribution >= 0.6 is 0 Å². The molecule has 5 heteroatoms. The van der Waals surface area contributed by atoms with Crippen LogP contribution in [0.2, 0.25) is 0 Å². The van der Waals surface area contributed by atoms with Gasteiger partial charge in [-0.2, -0.15) is 0 Å². The highest BCUT2D eigenvalue weighted by Gasteiger charge is 2.49. The van der Waals surface area contributed by atoms with Gasteiger partial charge >= 0.3 is 5.97 Å². The summed E-state index contributed by atoms with van der Waals surface area (Å²) >= 11 is 0. The fraction of sp³-hybridized carbons (Fsp3) is 0.867. The Hall–Kier alpha value is -1.10. The summed E-state index contributed by atoms with van der Waals surface area (Å²) in [5.41, 5.74) is 0. The van der Waals surface area contributed by atoms with Gasteiger partial charge in [0.05, 0.1) is 17.9 Å². The molecular formula is C15H23NO4. The Labute approximate surface area is 119 Å². The number of carboxylic acid groups (broad SMARTS) is 1. The zero-order chi connectivity index (χ0) is 14.4. The number of amides is 1. The summed E-state index contributed by atoms with van der Waals surface area (Å²) in [6.07, 6.45) is 4.21. The van der Waals surface area contributed by atoms with E-state index < -0.39 is 11.9 Å². The van der Waals surface area contributed by atoms with Gasteiger partial charge in [0.25, 0.3) is 0 Å². The summed E-state index contributed by atoms with van der Waals surface area (Å²) in [6.45, 7) is 2.03. The van der Waals surface area contributed by atoms with Crippen LogP contribution in [0.25, 0.3) is 0 Å². The maximum Gasteiger partial charge on any atom is 0.307 e. The average molecular weight is 281 g/mol. The van der Waals surface area contributed by atoms with E-state index in [0.29, 0.717) is 31.6 Å². The Bertz CT molecular complexity index is 410. The summed E-state index contributed by atoms with van der Waals surface area (Å²) in [5.74, 6) is -1.39. The third kappa shape index (κ3) is 2.22. The largest absolute Gasteiger partial charge is 0.481 e. The molecule has 2 heterocycles. The van der Waals surface area contributed by atoms with Crippen LogP contribution in [0, 0.1) is 17.8 Å². The van der Waals surface area contributed by atoms with E-state index in [-0.39, 0.29) is 30.0 Å². The number of carbonyl (C=O) groups is 2. The summed E-state index contributed by atoms with van der Waals surface area (Å²) in [4.78, 5) is 26.1. The number of piperidine rings is 1. The molecule has 112 valence electrons. The zero-order valence-electron chi connectivity index (χ0n) is 11.9. The SMILES string of the molecule is CC1CC(C(=O)O)C(C(=O)N2C3CCC2CC(O)C3)C1. The summed E-state index contributed by atoms with van der Waals surface area (Å²) in [6, 6.07) is 0.253. The lowest BCUT2D eigenvalue weighted by molar-refractivity contribution is -0.152. The number of hydrogen-bond donors (Lipinski definition) is 2. The molecule has 5 unspecified atom stereocenters. The maximum absolute atomic E-state index is 12.8. The summed E-state index contributed by atoms with van der Waals surface area (Å²) < 4.78 is 0. The Morgan fingerprint density at radius 1 is 1.00 bits per heavy atom. The molecule has 0 aromatic carbocycles. The van der Waals surface area contributed by atoms with Crippen LogP contribution in [0.3, 0.4) is 0 Å². The summed E-state index contributed by atoms with van der Waals surface area (Å²) in [7, 11) is 0. The van der Waals surface area contributed by atoms with Gasteiger partial charge in [-0.15, -0.1) is 0 Å². The lowest BCUT2D eigenvalue weighted by Crippen LogP contribution is -2.51. The van der Waals surface area contributed by atoms with Gasteiger partial charge in [0.1, 0.15) is 0 Å². The molecule has 2 saturated heterocycles. The minimum atomic E-state index is -0.836. The second-order valence-corrected chi connectivity index (χ2v) is 6.88. The van der Waals surface area contributed by atoms with E-state index >= 15 is 0 Å². The van der Waals surface area contributed by atoms with Crippen LogP contribution in [0.15, 0.2) is 0 Å². The number of fused-ring (bicyclic) bond motifs is 2. The first-order valence-electron chi connectivity index (χ1n) is 7.70. The molecule has 0 aromatic rings. The third-order valence-electron chi connectivity index (χ3n) is 5.40. The Morgan fingerprint density at radius 3 is 2.10 bits per heavy atom. The van der Waals surface area contributed by atoms with Crippen LogP contribution in [-0.4, -0.2) is 45.2 Å². The van der Waals surface area contributed by atoms with E-state index in [1.165, 1.54) is 0 Å². The third-order valence-corrected chi connectivity index (χ3v) is 5.40. The average Bonchev–Trinajstić information content (AvgIpc) is 2.88. The first-order chi connectivity index (χ1) is 9.47. The standard InChI is InChI=1S/C15H23NO4/c1-8-4-12(13(5-8)15(19)20)14(18)16-9-2-3-10(16)7-11(17)6-9/h8-13,17H,2-7H2,1H3,(H,19,20). The lowest BCUT2D eigenvalue weighted by Gasteiger charge is -2.39. The molecule has 3 aliphatic rings. The quantitative estimate of drug-likeness (QED) is 0.798. The van der Waals surface area contributed by atoms with Crippen molar-refractivity contribution in [2.24, 2.45) is 17.8 Å². The first kappa shape index (κ1) is 13.9. The van der Waals surface area contributed by atoms with Crippen molar-refractivity contribution in [2.75, 3.05) is 0 Å². The number of hydrogen-bond acceptors (Lipinski definition) is 3. The number of rotatable bonds is 2. The Kier molecular flexibility index (Phi) is 3.48. The highest BCUT2D eigenvalue weighted by atomic mass is 16.4. The molecule has 2 N–H and O–H groups in total. The van der Waals surface area contributed by atoms with Gasteiger partial charge < -0.3 is 15.1 Å². The second-order valence-electron chi connectivity index (χ2n) is 6.88. The molecule has 0 spiro atoms. The van der Waals surface area contributed by atoms with Gasteiger partial charge in [0.15, 0.2) is 0 Å². The number of aliphatic hydroxyl groups excluding tert-OH is 1. The highest BCUT2D eigenvalue weighted by Crippen LogP contribution is 2.42. The molecule has 3 fully saturated rings. The number of carboxylic acids is 1. The van der Waals surface area contributed by atoms with Crippen molar-refractivity contribution < 1.29 is 19.8 Å². The molecule has 3 rings (SSSR count). The number of aliphatic carboxylic acids is 1. The molecular weight excluding hydrogens is 258 g/mol. The van der Waals surface area contributed by atoms with E-state index in [1.807, 2.05) is 11.8 Å². The monoisotopic (exact) mass is 281 g/mol. The van der Waals surface area contributed by atoms with Gasteiger partial charge in [-0.25, -0.2) is 0 Å². The zero-order valence-corrected chi connectivity index (χ0v) is 11.9. The van der Waals surface area contributed by atoms with Crippen molar-refractivity contribution in [1.29, 1.82) is 0 Å². The number of carbonyl (C=O) groups excluding carboxylic acids is 1. The van der Waals surface area contributed by atoms with Crippen molar-refractivity contribution in [2.45, 2.75) is 63.6 Å². The van der Waals surface area contributed by atoms with Gasteiger partial charge in [-0.05, 0) is 44.4 Å². The van der Waals surface area contributed by atoms with E-state index in [0.717, 1.165) is 12.8 Å². The van der Waals surface area contributed by atoms with E-state index in [4.69, 9.17) is 0 Å². The van der Waals surface area contributed by atoms with E-state index in [1.54, 1.807) is 0 Å².